The number of hydrogen-bond acceptors (Lipinski definition) is 8. The molecule has 0 saturated heterocycles. The molecule has 0 fully saturated rings. The Hall–Kier alpha value is -3.99. The van der Waals surface area contributed by atoms with Crippen LogP contribution in [0.2, 0.25) is 0 Å². The van der Waals surface area contributed by atoms with Crippen molar-refractivity contribution in [3.05, 3.63) is 75.0 Å². The minimum Gasteiger partial charge on any atom is -0.347 e. The number of carbonyl (C=O) groups excluding carboxylic acids is 2. The summed E-state index contributed by atoms with van der Waals surface area (Å²) in [6.07, 6.45) is 3.81. The number of rotatable bonds is 7. The molecule has 3 aromatic heterocycles. The van der Waals surface area contributed by atoms with Crippen molar-refractivity contribution in [1.29, 1.82) is 0 Å². The molecule has 1 aliphatic rings. The van der Waals surface area contributed by atoms with Gasteiger partial charge in [-0.1, -0.05) is 19.1 Å². The molecule has 0 aliphatic heterocycles. The first-order valence-corrected chi connectivity index (χ1v) is 12.2. The fourth-order valence-corrected chi connectivity index (χ4v) is 4.96. The molecule has 0 bridgehead atoms. The first-order valence-electron chi connectivity index (χ1n) is 11.3. The Labute approximate surface area is 205 Å². The van der Waals surface area contributed by atoms with E-state index in [0.29, 0.717) is 12.4 Å². The Morgan fingerprint density at radius 2 is 1.97 bits per heavy atom. The number of thiophene rings is 1. The normalized spacial score (nSPS) is 14.5. The number of tetrazole rings is 1. The lowest BCUT2D eigenvalue weighted by atomic mass is 10.0. The number of aromatic nitrogens is 6. The molecule has 3 heterocycles. The van der Waals surface area contributed by atoms with E-state index in [-0.39, 0.29) is 29.2 Å². The van der Waals surface area contributed by atoms with E-state index in [9.17, 15) is 9.59 Å². The highest BCUT2D eigenvalue weighted by Crippen LogP contribution is 2.33. The Balaban J connectivity index is 1.24. The van der Waals surface area contributed by atoms with Crippen LogP contribution in [-0.4, -0.2) is 42.0 Å². The molecule has 0 saturated carbocycles. The zero-order chi connectivity index (χ0) is 24.4. The van der Waals surface area contributed by atoms with Gasteiger partial charge in [-0.15, -0.1) is 21.5 Å². The van der Waals surface area contributed by atoms with Gasteiger partial charge >= 0.3 is 0 Å². The third-order valence-corrected chi connectivity index (χ3v) is 7.06. The van der Waals surface area contributed by atoms with E-state index in [1.165, 1.54) is 22.1 Å². The van der Waals surface area contributed by atoms with Gasteiger partial charge in [0, 0.05) is 23.1 Å². The molecular formula is C24H24N8O2S. The summed E-state index contributed by atoms with van der Waals surface area (Å²) < 4.78 is 0. The highest BCUT2D eigenvalue weighted by molar-refractivity contribution is 7.10. The highest BCUT2D eigenvalue weighted by atomic mass is 32.1. The Kier molecular flexibility index (Phi) is 6.32. The van der Waals surface area contributed by atoms with Gasteiger partial charge in [0.05, 0.1) is 13.1 Å². The van der Waals surface area contributed by atoms with Crippen molar-refractivity contribution in [3.63, 3.8) is 0 Å². The van der Waals surface area contributed by atoms with E-state index in [0.717, 1.165) is 41.5 Å². The molecular weight excluding hydrogens is 464 g/mol. The SMILES string of the molecule is CCc1cc(CNC(=O)c2cc(C(=O)NC3CCc4cc(-c5nnn(C)n5)ccc43)ncn2)cs1. The largest absolute Gasteiger partial charge is 0.347 e. The van der Waals surface area contributed by atoms with E-state index in [1.54, 1.807) is 18.4 Å². The van der Waals surface area contributed by atoms with Gasteiger partial charge in [0.25, 0.3) is 11.8 Å². The van der Waals surface area contributed by atoms with Gasteiger partial charge in [0.1, 0.15) is 17.7 Å². The van der Waals surface area contributed by atoms with E-state index in [4.69, 9.17) is 0 Å². The van der Waals surface area contributed by atoms with Crippen LogP contribution in [0.3, 0.4) is 0 Å². The molecule has 2 N–H and O–H groups in total. The maximum absolute atomic E-state index is 12.9. The van der Waals surface area contributed by atoms with Crippen molar-refractivity contribution >= 4 is 23.2 Å². The second kappa shape index (κ2) is 9.71. The van der Waals surface area contributed by atoms with Crippen LogP contribution in [-0.2, 0) is 26.4 Å². The number of nitrogens with one attached hydrogen (secondary N) is 2. The highest BCUT2D eigenvalue weighted by Gasteiger charge is 2.26. The third kappa shape index (κ3) is 4.94. The molecule has 10 nitrogen and oxygen atoms in total. The van der Waals surface area contributed by atoms with Gasteiger partial charge < -0.3 is 10.6 Å². The van der Waals surface area contributed by atoms with Crippen molar-refractivity contribution in [1.82, 2.24) is 40.8 Å². The standard InChI is InChI=1S/C24H24N8O2S/c1-3-17-8-14(12-35-17)11-25-23(33)20-10-21(27-13-26-20)24(34)28-19-7-5-15-9-16(4-6-18(15)19)22-29-31-32(2)30-22/h4,6,8-10,12-13,19H,3,5,7,11H2,1-2H3,(H,25,33)(H,28,34). The van der Waals surface area contributed by atoms with Gasteiger partial charge in [-0.2, -0.15) is 4.80 Å². The van der Waals surface area contributed by atoms with E-state index in [1.807, 2.05) is 23.6 Å². The summed E-state index contributed by atoms with van der Waals surface area (Å²) in [4.78, 5) is 36.3. The maximum atomic E-state index is 12.9. The molecule has 35 heavy (non-hydrogen) atoms. The minimum atomic E-state index is -0.345. The first-order chi connectivity index (χ1) is 17.0. The average molecular weight is 489 g/mol. The van der Waals surface area contributed by atoms with Crippen molar-refractivity contribution in [2.75, 3.05) is 0 Å². The summed E-state index contributed by atoms with van der Waals surface area (Å²) in [6, 6.07) is 9.34. The van der Waals surface area contributed by atoms with Crippen LogP contribution in [0.4, 0.5) is 0 Å². The quantitative estimate of drug-likeness (QED) is 0.409. The Bertz CT molecular complexity index is 1400. The summed E-state index contributed by atoms with van der Waals surface area (Å²) in [5.41, 5.74) is 4.45. The fourth-order valence-electron chi connectivity index (χ4n) is 4.12. The van der Waals surface area contributed by atoms with Gasteiger partial charge in [0.15, 0.2) is 0 Å². The summed E-state index contributed by atoms with van der Waals surface area (Å²) in [5.74, 6) is -0.120. The lowest BCUT2D eigenvalue weighted by Gasteiger charge is -2.14. The van der Waals surface area contributed by atoms with Gasteiger partial charge in [-0.3, -0.25) is 9.59 Å². The van der Waals surface area contributed by atoms with E-state index >= 15 is 0 Å². The maximum Gasteiger partial charge on any atom is 0.270 e. The lowest BCUT2D eigenvalue weighted by molar-refractivity contribution is 0.0931. The molecule has 2 amide bonds. The Morgan fingerprint density at radius 3 is 2.71 bits per heavy atom. The molecule has 5 rings (SSSR count). The molecule has 0 radical (unpaired) electrons. The molecule has 1 aromatic carbocycles. The first kappa shape index (κ1) is 22.8. The third-order valence-electron chi connectivity index (χ3n) is 5.93. The number of hydrogen-bond donors (Lipinski definition) is 2. The van der Waals surface area contributed by atoms with Crippen LogP contribution in [0.5, 0.6) is 0 Å². The van der Waals surface area contributed by atoms with Crippen LogP contribution < -0.4 is 10.6 Å². The van der Waals surface area contributed by atoms with Crippen LogP contribution in [0.25, 0.3) is 11.4 Å². The molecule has 1 atom stereocenters. The van der Waals surface area contributed by atoms with Crippen molar-refractivity contribution < 1.29 is 9.59 Å². The van der Waals surface area contributed by atoms with Gasteiger partial charge in [-0.05, 0) is 58.7 Å². The zero-order valence-electron chi connectivity index (χ0n) is 19.4. The molecule has 0 spiro atoms. The number of carbonyl (C=O) groups is 2. The number of benzene rings is 1. The predicted molar refractivity (Wildman–Crippen MR) is 130 cm³/mol. The zero-order valence-corrected chi connectivity index (χ0v) is 20.2. The minimum absolute atomic E-state index is 0.139. The van der Waals surface area contributed by atoms with Gasteiger partial charge in [-0.25, -0.2) is 9.97 Å². The lowest BCUT2D eigenvalue weighted by Crippen LogP contribution is -2.29. The molecule has 4 aromatic rings. The van der Waals surface area contributed by atoms with E-state index < -0.39 is 0 Å². The molecule has 1 aliphatic carbocycles. The van der Waals surface area contributed by atoms with E-state index in [2.05, 4.69) is 49.0 Å². The van der Waals surface area contributed by atoms with Crippen LogP contribution in [0.1, 0.15) is 61.9 Å². The van der Waals surface area contributed by atoms with Crippen LogP contribution >= 0.6 is 11.3 Å². The van der Waals surface area contributed by atoms with Crippen molar-refractivity contribution in [3.8, 4) is 11.4 Å². The van der Waals surface area contributed by atoms with Crippen LogP contribution in [0.15, 0.2) is 42.0 Å². The summed E-state index contributed by atoms with van der Waals surface area (Å²) in [5, 5.41) is 20.1. The molecule has 11 heteroatoms. The second-order valence-corrected chi connectivity index (χ2v) is 9.32. The summed E-state index contributed by atoms with van der Waals surface area (Å²) in [7, 11) is 1.73. The monoisotopic (exact) mass is 488 g/mol. The van der Waals surface area contributed by atoms with Crippen molar-refractivity contribution in [2.24, 2.45) is 7.05 Å². The predicted octanol–water partition coefficient (Wildman–Crippen LogP) is 2.64. The number of aryl methyl sites for hydroxylation is 3. The molecule has 1 unspecified atom stereocenters. The fraction of sp³-hybridized carbons (Fsp3) is 0.292. The smallest absolute Gasteiger partial charge is 0.270 e. The summed E-state index contributed by atoms with van der Waals surface area (Å²) >= 11 is 1.67. The average Bonchev–Trinajstić information content (AvgIpc) is 3.62. The summed E-state index contributed by atoms with van der Waals surface area (Å²) in [6.45, 7) is 2.51. The Morgan fingerprint density at radius 1 is 1.14 bits per heavy atom. The van der Waals surface area contributed by atoms with Crippen molar-refractivity contribution in [2.45, 2.75) is 38.8 Å². The number of nitrogens with zero attached hydrogens (tertiary/aromatic N) is 6. The molecule has 178 valence electrons. The van der Waals surface area contributed by atoms with Crippen LogP contribution in [0, 0.1) is 0 Å². The topological polar surface area (TPSA) is 128 Å². The van der Waals surface area contributed by atoms with Gasteiger partial charge in [0.2, 0.25) is 5.82 Å². The second-order valence-electron chi connectivity index (χ2n) is 8.33. The number of fused-ring (bicyclic) bond motifs is 1. The number of amides is 2.